The summed E-state index contributed by atoms with van der Waals surface area (Å²) in [5.41, 5.74) is 2.04. The van der Waals surface area contributed by atoms with Crippen LogP contribution >= 0.6 is 0 Å². The monoisotopic (exact) mass is 468 g/mol. The second-order valence-electron chi connectivity index (χ2n) is 7.39. The average molecular weight is 469 g/mol. The first kappa shape index (κ1) is 24.0. The summed E-state index contributed by atoms with van der Waals surface area (Å²) in [7, 11) is -0.280. The Hall–Kier alpha value is -3.68. The molecule has 0 radical (unpaired) electrons. The van der Waals surface area contributed by atoms with Crippen LogP contribution in [0.4, 0.5) is 11.4 Å². The van der Waals surface area contributed by atoms with E-state index < -0.39 is 28.4 Å². The van der Waals surface area contributed by atoms with E-state index in [0.717, 1.165) is 11.4 Å². The average Bonchev–Trinajstić information content (AvgIpc) is 3.03. The minimum absolute atomic E-state index is 0.0236. The van der Waals surface area contributed by atoms with Gasteiger partial charge in [-0.15, -0.1) is 0 Å². The number of hydrogen-bond acceptors (Lipinski definition) is 8. The van der Waals surface area contributed by atoms with E-state index in [9.17, 15) is 23.3 Å². The minimum Gasteiger partial charge on any atom is -0.454 e. The molecule has 0 fully saturated rings. The molecule has 0 spiro atoms. The molecule has 0 aliphatic carbocycles. The van der Waals surface area contributed by atoms with Crippen LogP contribution in [0.5, 0.6) is 0 Å². The number of ketones is 1. The number of carbonyl (C=O) groups excluding carboxylic acids is 2. The van der Waals surface area contributed by atoms with E-state index in [2.05, 4.69) is 4.72 Å². The molecule has 2 aromatic carbocycles. The molecule has 1 aliphatic heterocycles. The Bertz CT molecular complexity index is 1260. The molecule has 2 aromatic rings. The number of esters is 1. The first-order chi connectivity index (χ1) is 15.6. The number of sulfonamides is 1. The van der Waals surface area contributed by atoms with E-state index in [1.807, 2.05) is 30.3 Å². The van der Waals surface area contributed by atoms with Gasteiger partial charge in [0, 0.05) is 20.6 Å². The third-order valence-corrected chi connectivity index (χ3v) is 6.81. The molecule has 1 heterocycles. The molecule has 172 valence electrons. The highest BCUT2D eigenvalue weighted by Crippen LogP contribution is 2.40. The predicted molar refractivity (Wildman–Crippen MR) is 123 cm³/mol. The number of aryl methyl sites for hydroxylation is 1. The summed E-state index contributed by atoms with van der Waals surface area (Å²) in [5.74, 6) is -1.13. The van der Waals surface area contributed by atoms with Gasteiger partial charge < -0.3 is 14.5 Å². The first-order valence-electron chi connectivity index (χ1n) is 10.1. The topological polar surface area (TPSA) is 120 Å². The molecule has 33 heavy (non-hydrogen) atoms. The van der Waals surface area contributed by atoms with Gasteiger partial charge in [-0.3, -0.25) is 4.79 Å². The summed E-state index contributed by atoms with van der Waals surface area (Å²) in [5, 5.41) is 9.68. The summed E-state index contributed by atoms with van der Waals surface area (Å²) in [6.45, 7) is 2.81. The minimum atomic E-state index is -3.77. The van der Waals surface area contributed by atoms with Crippen molar-refractivity contribution in [3.8, 4) is 6.07 Å². The van der Waals surface area contributed by atoms with Crippen molar-refractivity contribution >= 4 is 33.2 Å². The van der Waals surface area contributed by atoms with E-state index in [1.165, 1.54) is 18.2 Å². The summed E-state index contributed by atoms with van der Waals surface area (Å²) >= 11 is 0. The molecule has 0 atom stereocenters. The standard InChI is InChI=1S/C23H24N4O5S/c1-5-25-33(30,31)16-11-10-15(2)17(12-16)23(29)32-14-21(28)18(13-24)22-26(3)19-8-6-7-9-20(19)27(22)4/h6-12,25H,5,14H2,1-4H3. The van der Waals surface area contributed by atoms with E-state index in [1.54, 1.807) is 37.7 Å². The normalized spacial score (nSPS) is 12.9. The van der Waals surface area contributed by atoms with Crippen LogP contribution < -0.4 is 14.5 Å². The van der Waals surface area contributed by atoms with Gasteiger partial charge in [0.1, 0.15) is 17.5 Å². The van der Waals surface area contributed by atoms with E-state index >= 15 is 0 Å². The second kappa shape index (κ2) is 9.44. The van der Waals surface area contributed by atoms with E-state index in [4.69, 9.17) is 4.74 Å². The Labute approximate surface area is 192 Å². The van der Waals surface area contributed by atoms with Gasteiger partial charge >= 0.3 is 5.97 Å². The zero-order chi connectivity index (χ0) is 24.3. The molecule has 0 saturated carbocycles. The maximum atomic E-state index is 12.8. The lowest BCUT2D eigenvalue weighted by Crippen LogP contribution is -2.28. The van der Waals surface area contributed by atoms with Gasteiger partial charge in [0.2, 0.25) is 15.8 Å². The maximum Gasteiger partial charge on any atom is 0.338 e. The highest BCUT2D eigenvalue weighted by molar-refractivity contribution is 7.89. The summed E-state index contributed by atoms with van der Waals surface area (Å²) in [4.78, 5) is 28.8. The number of fused-ring (bicyclic) bond motifs is 1. The highest BCUT2D eigenvalue weighted by Gasteiger charge is 2.31. The fourth-order valence-corrected chi connectivity index (χ4v) is 4.67. The lowest BCUT2D eigenvalue weighted by Gasteiger charge is -2.19. The second-order valence-corrected chi connectivity index (χ2v) is 9.16. The number of nitrogens with one attached hydrogen (secondary N) is 1. The first-order valence-corrected chi connectivity index (χ1v) is 11.6. The number of hydrogen-bond donors (Lipinski definition) is 1. The van der Waals surface area contributed by atoms with Gasteiger partial charge in [0.05, 0.1) is 21.8 Å². The van der Waals surface area contributed by atoms with Crippen LogP contribution in [0.2, 0.25) is 0 Å². The molecule has 0 bridgehead atoms. The predicted octanol–water partition coefficient (Wildman–Crippen LogP) is 2.34. The number of para-hydroxylation sites is 2. The number of nitrogens with zero attached hydrogens (tertiary/aromatic N) is 3. The number of anilines is 2. The Morgan fingerprint density at radius 2 is 1.70 bits per heavy atom. The number of rotatable bonds is 7. The van der Waals surface area contributed by atoms with Crippen LogP contribution in [0, 0.1) is 18.3 Å². The lowest BCUT2D eigenvalue weighted by molar-refractivity contribution is -0.118. The molecule has 0 amide bonds. The molecule has 1 aliphatic rings. The Kier molecular flexibility index (Phi) is 6.86. The fourth-order valence-electron chi connectivity index (χ4n) is 3.60. The van der Waals surface area contributed by atoms with E-state index in [0.29, 0.717) is 11.4 Å². The van der Waals surface area contributed by atoms with Crippen molar-refractivity contribution in [3.05, 3.63) is 65.0 Å². The summed E-state index contributed by atoms with van der Waals surface area (Å²) < 4.78 is 32.0. The van der Waals surface area contributed by atoms with Gasteiger partial charge in [-0.05, 0) is 36.8 Å². The Morgan fingerprint density at radius 3 is 2.24 bits per heavy atom. The number of nitriles is 1. The SMILES string of the molecule is CCNS(=O)(=O)c1ccc(C)c(C(=O)OCC(=O)C(C#N)=C2N(C)c3ccccc3N2C)c1. The van der Waals surface area contributed by atoms with Crippen LogP contribution in [0.25, 0.3) is 0 Å². The van der Waals surface area contributed by atoms with Crippen LogP contribution in [0.3, 0.4) is 0 Å². The Balaban J connectivity index is 1.82. The van der Waals surface area contributed by atoms with Crippen molar-refractivity contribution in [2.24, 2.45) is 0 Å². The van der Waals surface area contributed by atoms with Crippen molar-refractivity contribution < 1.29 is 22.7 Å². The van der Waals surface area contributed by atoms with Gasteiger partial charge in [-0.2, -0.15) is 5.26 Å². The Morgan fingerprint density at radius 1 is 1.09 bits per heavy atom. The molecule has 0 saturated heterocycles. The largest absolute Gasteiger partial charge is 0.454 e. The van der Waals surface area contributed by atoms with Crippen molar-refractivity contribution in [2.45, 2.75) is 18.7 Å². The van der Waals surface area contributed by atoms with Crippen molar-refractivity contribution in [1.82, 2.24) is 4.72 Å². The molecular formula is C23H24N4O5S. The summed E-state index contributed by atoms with van der Waals surface area (Å²) in [6.07, 6.45) is 0. The third kappa shape index (κ3) is 4.60. The third-order valence-electron chi connectivity index (χ3n) is 5.26. The van der Waals surface area contributed by atoms with Crippen LogP contribution in [0.15, 0.2) is 58.8 Å². The van der Waals surface area contributed by atoms with Gasteiger partial charge in [0.15, 0.2) is 6.61 Å². The van der Waals surface area contributed by atoms with E-state index in [-0.39, 0.29) is 22.6 Å². The fraction of sp³-hybridized carbons (Fsp3) is 0.261. The molecule has 0 aromatic heterocycles. The van der Waals surface area contributed by atoms with Crippen LogP contribution in [0.1, 0.15) is 22.8 Å². The van der Waals surface area contributed by atoms with Crippen molar-refractivity contribution in [1.29, 1.82) is 5.26 Å². The van der Waals surface area contributed by atoms with Gasteiger partial charge in [-0.25, -0.2) is 17.9 Å². The van der Waals surface area contributed by atoms with Crippen molar-refractivity contribution in [3.63, 3.8) is 0 Å². The molecular weight excluding hydrogens is 444 g/mol. The van der Waals surface area contributed by atoms with Crippen LogP contribution in [-0.4, -0.2) is 47.4 Å². The number of carbonyl (C=O) groups is 2. The zero-order valence-corrected chi connectivity index (χ0v) is 19.6. The van der Waals surface area contributed by atoms with Gasteiger partial charge in [0.25, 0.3) is 0 Å². The smallest absolute Gasteiger partial charge is 0.338 e. The molecule has 1 N–H and O–H groups in total. The number of benzene rings is 2. The highest BCUT2D eigenvalue weighted by atomic mass is 32.2. The summed E-state index contributed by atoms with van der Waals surface area (Å²) in [6, 6.07) is 13.5. The van der Waals surface area contributed by atoms with Crippen LogP contribution in [-0.2, 0) is 19.6 Å². The molecule has 10 heteroatoms. The maximum absolute atomic E-state index is 12.8. The molecule has 9 nitrogen and oxygen atoms in total. The number of Topliss-reactive ketones (excluding diaryl/α,β-unsaturated/α-hetero) is 1. The zero-order valence-electron chi connectivity index (χ0n) is 18.7. The lowest BCUT2D eigenvalue weighted by atomic mass is 10.1. The molecule has 0 unspecified atom stereocenters. The molecule has 3 rings (SSSR count). The quantitative estimate of drug-likeness (QED) is 0.374. The van der Waals surface area contributed by atoms with Gasteiger partial charge in [-0.1, -0.05) is 25.1 Å². The number of ether oxygens (including phenoxy) is 1. The van der Waals surface area contributed by atoms with Crippen molar-refractivity contribution in [2.75, 3.05) is 37.0 Å².